The van der Waals surface area contributed by atoms with E-state index in [-0.39, 0.29) is 18.5 Å². The van der Waals surface area contributed by atoms with Crippen LogP contribution in [0.2, 0.25) is 0 Å². The standard InChI is InChI=1S/C18H27NO5.ClH/c1-13(12-19-8-6-5-7-9-19)24-18(20)14-10-15(21-2)17(23-4)16(11-14)22-3;/h10-11,13H,5-9,12H2,1-4H3;1H/p-1. The van der Waals surface area contributed by atoms with Crippen molar-refractivity contribution in [3.05, 3.63) is 17.7 Å². The molecule has 1 saturated heterocycles. The predicted octanol–water partition coefficient (Wildman–Crippen LogP) is -0.252. The summed E-state index contributed by atoms with van der Waals surface area (Å²) < 4.78 is 21.4. The highest BCUT2D eigenvalue weighted by molar-refractivity contribution is 5.91. The number of halogens is 1. The van der Waals surface area contributed by atoms with Gasteiger partial charge in [0, 0.05) is 6.54 Å². The third-order valence-electron chi connectivity index (χ3n) is 4.17. The van der Waals surface area contributed by atoms with Crippen molar-refractivity contribution in [3.8, 4) is 17.2 Å². The van der Waals surface area contributed by atoms with Crippen LogP contribution in [0.1, 0.15) is 36.5 Å². The summed E-state index contributed by atoms with van der Waals surface area (Å²) in [5, 5.41) is 0. The summed E-state index contributed by atoms with van der Waals surface area (Å²) in [5.41, 5.74) is 0.384. The molecule has 0 amide bonds. The van der Waals surface area contributed by atoms with Gasteiger partial charge in [0.2, 0.25) is 5.75 Å². The summed E-state index contributed by atoms with van der Waals surface area (Å²) >= 11 is 0. The van der Waals surface area contributed by atoms with Crippen molar-refractivity contribution in [1.82, 2.24) is 4.90 Å². The average molecular weight is 373 g/mol. The minimum atomic E-state index is -0.390. The second kappa shape index (κ2) is 10.4. The fourth-order valence-electron chi connectivity index (χ4n) is 2.99. The number of methoxy groups -OCH3 is 3. The molecule has 1 aromatic rings. The van der Waals surface area contributed by atoms with Crippen LogP contribution in [-0.2, 0) is 4.74 Å². The van der Waals surface area contributed by atoms with E-state index in [1.165, 1.54) is 40.6 Å². The van der Waals surface area contributed by atoms with Gasteiger partial charge in [0.25, 0.3) is 0 Å². The molecule has 1 unspecified atom stereocenters. The van der Waals surface area contributed by atoms with Crippen LogP contribution in [0, 0.1) is 0 Å². The fraction of sp³-hybridized carbons (Fsp3) is 0.611. The third kappa shape index (κ3) is 5.68. The molecule has 142 valence electrons. The number of carbonyl (C=O) groups excluding carboxylic acids is 1. The predicted molar refractivity (Wildman–Crippen MR) is 91.3 cm³/mol. The van der Waals surface area contributed by atoms with Crippen LogP contribution in [0.4, 0.5) is 0 Å². The highest BCUT2D eigenvalue weighted by Crippen LogP contribution is 2.38. The average Bonchev–Trinajstić information content (AvgIpc) is 2.60. The molecule has 0 aliphatic carbocycles. The van der Waals surface area contributed by atoms with Crippen LogP contribution in [0.3, 0.4) is 0 Å². The summed E-state index contributed by atoms with van der Waals surface area (Å²) in [7, 11) is 4.57. The number of carbonyl (C=O) groups is 1. The topological polar surface area (TPSA) is 57.2 Å². The van der Waals surface area contributed by atoms with Crippen LogP contribution in [0.15, 0.2) is 12.1 Å². The van der Waals surface area contributed by atoms with Crippen LogP contribution < -0.4 is 26.6 Å². The summed E-state index contributed by atoms with van der Waals surface area (Å²) in [5.74, 6) is 0.941. The number of nitrogens with zero attached hydrogens (tertiary/aromatic N) is 1. The Balaban J connectivity index is 0.00000312. The molecule has 1 aromatic carbocycles. The quantitative estimate of drug-likeness (QED) is 0.615. The van der Waals surface area contributed by atoms with Gasteiger partial charge in [-0.25, -0.2) is 4.79 Å². The van der Waals surface area contributed by atoms with Gasteiger partial charge in [-0.3, -0.25) is 4.90 Å². The maximum absolute atomic E-state index is 12.4. The van der Waals surface area contributed by atoms with Gasteiger partial charge in [-0.1, -0.05) is 6.42 Å². The van der Waals surface area contributed by atoms with Gasteiger partial charge in [-0.15, -0.1) is 0 Å². The molecular weight excluding hydrogens is 346 g/mol. The van der Waals surface area contributed by atoms with Crippen molar-refractivity contribution in [2.75, 3.05) is 41.0 Å². The van der Waals surface area contributed by atoms with Crippen molar-refractivity contribution >= 4 is 5.97 Å². The van der Waals surface area contributed by atoms with E-state index in [4.69, 9.17) is 18.9 Å². The van der Waals surface area contributed by atoms with Gasteiger partial charge in [-0.2, -0.15) is 0 Å². The van der Waals surface area contributed by atoms with Crippen molar-refractivity contribution in [1.29, 1.82) is 0 Å². The summed E-state index contributed by atoms with van der Waals surface area (Å²) in [6, 6.07) is 3.22. The molecule has 6 nitrogen and oxygen atoms in total. The molecule has 1 fully saturated rings. The fourth-order valence-corrected chi connectivity index (χ4v) is 2.99. The van der Waals surface area contributed by atoms with Crippen LogP contribution in [-0.4, -0.2) is 57.9 Å². The number of likely N-dealkylation sites (tertiary alicyclic amines) is 1. The van der Waals surface area contributed by atoms with E-state index in [2.05, 4.69) is 4.90 Å². The Bertz CT molecular complexity index is 535. The SMILES string of the molecule is COc1cc(C(=O)OC(C)CN2CCCCC2)cc(OC)c1OC.[Cl-]. The van der Waals surface area contributed by atoms with Gasteiger partial charge in [0.05, 0.1) is 26.9 Å². The number of piperidine rings is 1. The molecule has 1 heterocycles. The van der Waals surface area contributed by atoms with Crippen molar-refractivity contribution in [2.45, 2.75) is 32.3 Å². The first-order valence-electron chi connectivity index (χ1n) is 8.32. The molecule has 1 atom stereocenters. The molecule has 7 heteroatoms. The van der Waals surface area contributed by atoms with E-state index in [1.54, 1.807) is 12.1 Å². The number of esters is 1. The Kier molecular flexibility index (Phi) is 8.86. The number of hydrogen-bond acceptors (Lipinski definition) is 6. The molecule has 0 radical (unpaired) electrons. The van der Waals surface area contributed by atoms with E-state index in [0.717, 1.165) is 19.6 Å². The van der Waals surface area contributed by atoms with Crippen LogP contribution in [0.25, 0.3) is 0 Å². The van der Waals surface area contributed by atoms with Crippen molar-refractivity contribution in [3.63, 3.8) is 0 Å². The first-order chi connectivity index (χ1) is 11.6. The number of hydrogen-bond donors (Lipinski definition) is 0. The monoisotopic (exact) mass is 372 g/mol. The van der Waals surface area contributed by atoms with Crippen LogP contribution >= 0.6 is 0 Å². The second-order valence-electron chi connectivity index (χ2n) is 5.99. The molecule has 0 N–H and O–H groups in total. The van der Waals surface area contributed by atoms with Gasteiger partial charge in [0.15, 0.2) is 11.5 Å². The summed E-state index contributed by atoms with van der Waals surface area (Å²) in [4.78, 5) is 14.8. The molecule has 25 heavy (non-hydrogen) atoms. The van der Waals surface area contributed by atoms with Crippen LogP contribution in [0.5, 0.6) is 17.2 Å². The third-order valence-corrected chi connectivity index (χ3v) is 4.17. The summed E-state index contributed by atoms with van der Waals surface area (Å²) in [6.07, 6.45) is 3.55. The molecule has 0 aromatic heterocycles. The Morgan fingerprint density at radius 1 is 1.04 bits per heavy atom. The van der Waals surface area contributed by atoms with Gasteiger partial charge >= 0.3 is 5.97 Å². The van der Waals surface area contributed by atoms with E-state index >= 15 is 0 Å². The minimum Gasteiger partial charge on any atom is -1.00 e. The maximum Gasteiger partial charge on any atom is 0.338 e. The van der Waals surface area contributed by atoms with E-state index in [0.29, 0.717) is 22.8 Å². The molecule has 0 bridgehead atoms. The molecule has 2 rings (SSSR count). The molecule has 1 aliphatic rings. The Labute approximate surface area is 155 Å². The van der Waals surface area contributed by atoms with Gasteiger partial charge in [-0.05, 0) is 45.0 Å². The lowest BCUT2D eigenvalue weighted by Gasteiger charge is -2.28. The van der Waals surface area contributed by atoms with E-state index in [9.17, 15) is 4.79 Å². The Morgan fingerprint density at radius 3 is 2.08 bits per heavy atom. The normalized spacial score (nSPS) is 15.7. The minimum absolute atomic E-state index is 0. The van der Waals surface area contributed by atoms with Gasteiger partial charge < -0.3 is 31.4 Å². The molecular formula is C18H27ClNO5-. The van der Waals surface area contributed by atoms with Crippen molar-refractivity contribution in [2.24, 2.45) is 0 Å². The zero-order valence-electron chi connectivity index (χ0n) is 15.3. The van der Waals surface area contributed by atoms with Gasteiger partial charge in [0.1, 0.15) is 6.10 Å². The first-order valence-corrected chi connectivity index (χ1v) is 8.32. The zero-order valence-corrected chi connectivity index (χ0v) is 16.1. The summed E-state index contributed by atoms with van der Waals surface area (Å²) in [6.45, 7) is 4.83. The number of benzene rings is 1. The number of ether oxygens (including phenoxy) is 4. The molecule has 0 saturated carbocycles. The lowest BCUT2D eigenvalue weighted by molar-refractivity contribution is -0.0000449. The second-order valence-corrected chi connectivity index (χ2v) is 5.99. The molecule has 1 aliphatic heterocycles. The Hall–Kier alpha value is -1.66. The Morgan fingerprint density at radius 2 is 1.60 bits per heavy atom. The van der Waals surface area contributed by atoms with E-state index in [1.807, 2.05) is 6.92 Å². The first kappa shape index (κ1) is 21.4. The highest BCUT2D eigenvalue weighted by Gasteiger charge is 2.21. The highest BCUT2D eigenvalue weighted by atomic mass is 35.5. The number of rotatable bonds is 7. The smallest absolute Gasteiger partial charge is 0.338 e. The largest absolute Gasteiger partial charge is 1.00 e. The maximum atomic E-state index is 12.4. The molecule has 0 spiro atoms. The lowest BCUT2D eigenvalue weighted by Crippen LogP contribution is -3.00. The van der Waals surface area contributed by atoms with E-state index < -0.39 is 5.97 Å². The van der Waals surface area contributed by atoms with Crippen molar-refractivity contribution < 1.29 is 36.1 Å². The zero-order chi connectivity index (χ0) is 17.5. The lowest BCUT2D eigenvalue weighted by atomic mass is 10.1.